The summed E-state index contributed by atoms with van der Waals surface area (Å²) in [6.45, 7) is 8.69. The van der Waals surface area contributed by atoms with Crippen molar-refractivity contribution in [2.45, 2.75) is 75.6 Å². The molecule has 2 aliphatic rings. The predicted molar refractivity (Wildman–Crippen MR) is 157 cm³/mol. The van der Waals surface area contributed by atoms with E-state index in [9.17, 15) is 13.2 Å². The van der Waals surface area contributed by atoms with Gasteiger partial charge in [-0.05, 0) is 74.6 Å². The van der Waals surface area contributed by atoms with Crippen LogP contribution in [-0.2, 0) is 23.0 Å². The molecule has 0 aliphatic carbocycles. The third kappa shape index (κ3) is 6.74. The molecule has 40 heavy (non-hydrogen) atoms. The number of aryl methyl sites for hydroxylation is 1. The summed E-state index contributed by atoms with van der Waals surface area (Å²) in [7, 11) is -3.77. The average Bonchev–Trinajstić information content (AvgIpc) is 2.94. The number of ether oxygens (including phenoxy) is 1. The van der Waals surface area contributed by atoms with E-state index in [0.29, 0.717) is 23.3 Å². The zero-order chi connectivity index (χ0) is 28.3. The maximum atomic E-state index is 13.3. The summed E-state index contributed by atoms with van der Waals surface area (Å²) < 4.78 is 35.7. The Bertz CT molecular complexity index is 1430. The number of nitrogens with zero attached hydrogens (tertiary/aromatic N) is 1. The highest BCUT2D eigenvalue weighted by Crippen LogP contribution is 2.40. The minimum atomic E-state index is -3.77. The SMILES string of the molecule is CCc1ccc(S(=O)(=O)N[C@H]2CC(C)(C)Oc3ccc(C(=O)NC4CCN(Cc5ccccc5)CC4)cc32)cc1. The summed E-state index contributed by atoms with van der Waals surface area (Å²) in [5.74, 6) is 0.446. The van der Waals surface area contributed by atoms with Gasteiger partial charge in [0.25, 0.3) is 5.91 Å². The van der Waals surface area contributed by atoms with Gasteiger partial charge in [-0.2, -0.15) is 0 Å². The predicted octanol–water partition coefficient (Wildman–Crippen LogP) is 5.22. The maximum absolute atomic E-state index is 13.3. The van der Waals surface area contributed by atoms with Crippen molar-refractivity contribution in [3.8, 4) is 5.75 Å². The number of benzene rings is 3. The second kappa shape index (κ2) is 11.7. The van der Waals surface area contributed by atoms with Crippen molar-refractivity contribution < 1.29 is 17.9 Å². The summed E-state index contributed by atoms with van der Waals surface area (Å²) in [4.78, 5) is 15.9. The average molecular weight is 562 g/mol. The highest BCUT2D eigenvalue weighted by Gasteiger charge is 2.36. The molecule has 1 atom stereocenters. The van der Waals surface area contributed by atoms with Gasteiger partial charge in [0.05, 0.1) is 10.9 Å². The Kier molecular flexibility index (Phi) is 8.31. The van der Waals surface area contributed by atoms with E-state index in [1.165, 1.54) is 5.56 Å². The molecule has 0 aromatic heterocycles. The lowest BCUT2D eigenvalue weighted by molar-refractivity contribution is 0.0701. The van der Waals surface area contributed by atoms with E-state index >= 15 is 0 Å². The van der Waals surface area contributed by atoms with E-state index in [0.717, 1.165) is 44.5 Å². The number of piperidine rings is 1. The normalized spacial score (nSPS) is 19.4. The summed E-state index contributed by atoms with van der Waals surface area (Å²) in [5.41, 5.74) is 2.99. The van der Waals surface area contributed by atoms with E-state index in [4.69, 9.17) is 4.74 Å². The quantitative estimate of drug-likeness (QED) is 0.394. The van der Waals surface area contributed by atoms with Crippen LogP contribution in [0.25, 0.3) is 0 Å². The van der Waals surface area contributed by atoms with Crippen molar-refractivity contribution in [2.75, 3.05) is 13.1 Å². The van der Waals surface area contributed by atoms with Crippen LogP contribution in [0.15, 0.2) is 77.7 Å². The lowest BCUT2D eigenvalue weighted by Crippen LogP contribution is -2.44. The molecule has 0 spiro atoms. The molecule has 3 aromatic rings. The number of carbonyl (C=O) groups excluding carboxylic acids is 1. The molecule has 3 aromatic carbocycles. The summed E-state index contributed by atoms with van der Waals surface area (Å²) in [6.07, 6.45) is 3.06. The monoisotopic (exact) mass is 561 g/mol. The minimum Gasteiger partial charge on any atom is -0.487 e. The molecule has 1 fully saturated rings. The van der Waals surface area contributed by atoms with Gasteiger partial charge >= 0.3 is 0 Å². The second-order valence-corrected chi connectivity index (χ2v) is 13.2. The van der Waals surface area contributed by atoms with Crippen molar-refractivity contribution >= 4 is 15.9 Å². The van der Waals surface area contributed by atoms with Crippen LogP contribution in [0, 0.1) is 0 Å². The van der Waals surface area contributed by atoms with Gasteiger partial charge in [-0.25, -0.2) is 13.1 Å². The molecule has 0 unspecified atom stereocenters. The molecule has 212 valence electrons. The van der Waals surface area contributed by atoms with E-state index in [1.54, 1.807) is 30.3 Å². The van der Waals surface area contributed by atoms with Gasteiger partial charge in [0.2, 0.25) is 10.0 Å². The Morgan fingerprint density at radius 1 is 0.975 bits per heavy atom. The highest BCUT2D eigenvalue weighted by molar-refractivity contribution is 7.89. The minimum absolute atomic E-state index is 0.103. The number of fused-ring (bicyclic) bond motifs is 1. The van der Waals surface area contributed by atoms with E-state index in [-0.39, 0.29) is 16.8 Å². The number of amides is 1. The zero-order valence-electron chi connectivity index (χ0n) is 23.5. The molecule has 2 N–H and O–H groups in total. The van der Waals surface area contributed by atoms with Gasteiger partial charge in [0, 0.05) is 43.2 Å². The van der Waals surface area contributed by atoms with Crippen LogP contribution in [-0.4, -0.2) is 44.0 Å². The standard InChI is InChI=1S/C32H39N3O4S/c1-4-23-10-13-27(14-11-23)40(37,38)34-29-21-32(2,3)39-30-15-12-25(20-28(29)30)31(36)33-26-16-18-35(19-17-26)22-24-8-6-5-7-9-24/h5-15,20,26,29,34H,4,16-19,21-22H2,1-3H3,(H,33,36)/t29-/m0/s1. The molecule has 2 aliphatic heterocycles. The largest absolute Gasteiger partial charge is 0.487 e. The first kappa shape index (κ1) is 28.3. The molecule has 0 saturated carbocycles. The first-order chi connectivity index (χ1) is 19.1. The van der Waals surface area contributed by atoms with Crippen LogP contribution in [0.2, 0.25) is 0 Å². The van der Waals surface area contributed by atoms with Crippen molar-refractivity contribution in [2.24, 2.45) is 0 Å². The van der Waals surface area contributed by atoms with Gasteiger partial charge in [-0.15, -0.1) is 0 Å². The van der Waals surface area contributed by atoms with Gasteiger partial charge in [0.15, 0.2) is 0 Å². The molecule has 0 bridgehead atoms. The summed E-state index contributed by atoms with van der Waals surface area (Å²) in [6, 6.07) is 22.3. The molecule has 8 heteroatoms. The van der Waals surface area contributed by atoms with Crippen LogP contribution in [0.5, 0.6) is 5.75 Å². The number of rotatable bonds is 8. The molecule has 7 nitrogen and oxygen atoms in total. The van der Waals surface area contributed by atoms with Crippen molar-refractivity contribution in [3.05, 3.63) is 95.1 Å². The number of nitrogens with one attached hydrogen (secondary N) is 2. The molecular weight excluding hydrogens is 522 g/mol. The number of carbonyl (C=O) groups is 1. The number of hydrogen-bond donors (Lipinski definition) is 2. The van der Waals surface area contributed by atoms with Crippen LogP contribution in [0.4, 0.5) is 0 Å². The number of sulfonamides is 1. The van der Waals surface area contributed by atoms with Crippen LogP contribution in [0.3, 0.4) is 0 Å². The molecule has 2 heterocycles. The van der Waals surface area contributed by atoms with Gasteiger partial charge < -0.3 is 10.1 Å². The van der Waals surface area contributed by atoms with E-state index in [2.05, 4.69) is 39.2 Å². The zero-order valence-corrected chi connectivity index (χ0v) is 24.3. The van der Waals surface area contributed by atoms with Gasteiger partial charge in [-0.1, -0.05) is 49.4 Å². The molecule has 5 rings (SSSR count). The number of likely N-dealkylation sites (tertiary alicyclic amines) is 1. The summed E-state index contributed by atoms with van der Waals surface area (Å²) in [5, 5.41) is 3.20. The highest BCUT2D eigenvalue weighted by atomic mass is 32.2. The second-order valence-electron chi connectivity index (χ2n) is 11.5. The van der Waals surface area contributed by atoms with E-state index in [1.807, 2.05) is 39.0 Å². The van der Waals surface area contributed by atoms with Crippen LogP contribution >= 0.6 is 0 Å². The van der Waals surface area contributed by atoms with Crippen LogP contribution in [0.1, 0.15) is 73.1 Å². The smallest absolute Gasteiger partial charge is 0.251 e. The van der Waals surface area contributed by atoms with Crippen molar-refractivity contribution in [1.29, 1.82) is 0 Å². The lowest BCUT2D eigenvalue weighted by atomic mass is 9.89. The first-order valence-corrected chi connectivity index (χ1v) is 15.6. The van der Waals surface area contributed by atoms with Crippen molar-refractivity contribution in [1.82, 2.24) is 14.9 Å². The fourth-order valence-corrected chi connectivity index (χ4v) is 6.82. The topological polar surface area (TPSA) is 87.7 Å². The van der Waals surface area contributed by atoms with Gasteiger partial charge in [-0.3, -0.25) is 9.69 Å². The van der Waals surface area contributed by atoms with Crippen LogP contribution < -0.4 is 14.8 Å². The molecule has 0 radical (unpaired) electrons. The van der Waals surface area contributed by atoms with Crippen molar-refractivity contribution in [3.63, 3.8) is 0 Å². The summed E-state index contributed by atoms with van der Waals surface area (Å²) >= 11 is 0. The Morgan fingerprint density at radius 2 is 1.68 bits per heavy atom. The third-order valence-corrected chi connectivity index (χ3v) is 9.33. The third-order valence-electron chi connectivity index (χ3n) is 7.84. The Morgan fingerprint density at radius 3 is 2.35 bits per heavy atom. The first-order valence-electron chi connectivity index (χ1n) is 14.1. The number of hydrogen-bond acceptors (Lipinski definition) is 5. The fourth-order valence-electron chi connectivity index (χ4n) is 5.61. The Hall–Kier alpha value is -3.20. The molecule has 1 amide bonds. The molecule has 1 saturated heterocycles. The maximum Gasteiger partial charge on any atom is 0.251 e. The molecular formula is C32H39N3O4S. The fraction of sp³-hybridized carbons (Fsp3) is 0.406. The lowest BCUT2D eigenvalue weighted by Gasteiger charge is -2.38. The van der Waals surface area contributed by atoms with Gasteiger partial charge in [0.1, 0.15) is 11.4 Å². The Balaban J connectivity index is 1.27. The Labute approximate surface area is 238 Å². The van der Waals surface area contributed by atoms with E-state index < -0.39 is 21.7 Å².